The minimum Gasteiger partial charge on any atom is -0.310 e. The van der Waals surface area contributed by atoms with Crippen molar-refractivity contribution in [3.05, 3.63) is 54.2 Å². The Morgan fingerprint density at radius 2 is 2.04 bits per heavy atom. The highest BCUT2D eigenvalue weighted by molar-refractivity contribution is 8.00. The van der Waals surface area contributed by atoms with Gasteiger partial charge in [0.2, 0.25) is 5.91 Å². The molecule has 1 amide bonds. The summed E-state index contributed by atoms with van der Waals surface area (Å²) in [6.45, 7) is 4.27. The summed E-state index contributed by atoms with van der Waals surface area (Å²) < 4.78 is 0. The smallest absolute Gasteiger partial charge is 0.240 e. The molecule has 0 radical (unpaired) electrons. The Bertz CT molecular complexity index is 680. The normalized spacial score (nSPS) is 11.5. The number of hydrogen-bond acceptors (Lipinski definition) is 4. The molecular weight excluding hydrogens is 306 g/mol. The van der Waals surface area contributed by atoms with Gasteiger partial charge in [-0.15, -0.1) is 0 Å². The lowest BCUT2D eigenvalue weighted by molar-refractivity contribution is -0.117. The van der Waals surface area contributed by atoms with E-state index in [0.717, 1.165) is 16.3 Å². The van der Waals surface area contributed by atoms with E-state index in [1.807, 2.05) is 56.3 Å². The molecule has 4 nitrogen and oxygen atoms in total. The molecule has 2 rings (SSSR count). The van der Waals surface area contributed by atoms with E-state index in [4.69, 9.17) is 5.26 Å². The number of carbonyl (C=O) groups is 1. The van der Waals surface area contributed by atoms with Gasteiger partial charge in [-0.3, -0.25) is 4.79 Å². The fourth-order valence-corrected chi connectivity index (χ4v) is 2.99. The molecule has 1 heterocycles. The largest absolute Gasteiger partial charge is 0.310 e. The van der Waals surface area contributed by atoms with Crippen molar-refractivity contribution in [3.63, 3.8) is 0 Å². The molecule has 1 atom stereocenters. The fraction of sp³-hybridized carbons (Fsp3) is 0.278. The molecule has 0 aliphatic rings. The van der Waals surface area contributed by atoms with E-state index >= 15 is 0 Å². The number of nitriles is 1. The summed E-state index contributed by atoms with van der Waals surface area (Å²) in [4.78, 5) is 18.7. The molecule has 5 heteroatoms. The molecule has 2 aromatic rings. The van der Waals surface area contributed by atoms with Crippen LogP contribution in [0.1, 0.15) is 18.9 Å². The van der Waals surface area contributed by atoms with Gasteiger partial charge in [0.15, 0.2) is 0 Å². The number of thioether (sulfide) groups is 1. The average molecular weight is 325 g/mol. The highest BCUT2D eigenvalue weighted by atomic mass is 32.2. The van der Waals surface area contributed by atoms with Crippen LogP contribution < -0.4 is 4.90 Å². The summed E-state index contributed by atoms with van der Waals surface area (Å²) in [6, 6.07) is 15.5. The van der Waals surface area contributed by atoms with Gasteiger partial charge in [0, 0.05) is 18.4 Å². The highest BCUT2D eigenvalue weighted by Crippen LogP contribution is 2.25. The number of aryl methyl sites for hydroxylation is 1. The molecule has 0 saturated carbocycles. The average Bonchev–Trinajstić information content (AvgIpc) is 2.57. The zero-order valence-corrected chi connectivity index (χ0v) is 14.1. The van der Waals surface area contributed by atoms with Gasteiger partial charge >= 0.3 is 0 Å². The minimum absolute atomic E-state index is 0.0141. The van der Waals surface area contributed by atoms with E-state index in [9.17, 15) is 4.79 Å². The number of aromatic nitrogens is 1. The van der Waals surface area contributed by atoms with E-state index in [-0.39, 0.29) is 11.2 Å². The Labute approximate surface area is 141 Å². The second-order valence-electron chi connectivity index (χ2n) is 5.16. The number of pyridine rings is 1. The SMILES string of the molecule is Cc1ccc(N(CCC#N)C(=O)C(C)Sc2ccccn2)cc1. The molecule has 0 aliphatic carbocycles. The quantitative estimate of drug-likeness (QED) is 0.758. The molecule has 0 aliphatic heterocycles. The van der Waals surface area contributed by atoms with Crippen molar-refractivity contribution in [2.24, 2.45) is 0 Å². The van der Waals surface area contributed by atoms with Gasteiger partial charge in [0.1, 0.15) is 0 Å². The van der Waals surface area contributed by atoms with E-state index in [0.29, 0.717) is 13.0 Å². The number of carbonyl (C=O) groups excluding carboxylic acids is 1. The van der Waals surface area contributed by atoms with Crippen LogP contribution in [0, 0.1) is 18.3 Å². The van der Waals surface area contributed by atoms with Crippen LogP contribution in [0.5, 0.6) is 0 Å². The third-order valence-corrected chi connectivity index (χ3v) is 4.38. The molecule has 0 N–H and O–H groups in total. The molecule has 0 fully saturated rings. The molecule has 23 heavy (non-hydrogen) atoms. The predicted octanol–water partition coefficient (Wildman–Crippen LogP) is 3.82. The van der Waals surface area contributed by atoms with Gasteiger partial charge in [0.05, 0.1) is 22.8 Å². The summed E-state index contributed by atoms with van der Waals surface area (Å²) in [7, 11) is 0. The van der Waals surface area contributed by atoms with Gasteiger partial charge in [-0.25, -0.2) is 4.98 Å². The molecule has 1 unspecified atom stereocenters. The zero-order valence-electron chi connectivity index (χ0n) is 13.3. The highest BCUT2D eigenvalue weighted by Gasteiger charge is 2.23. The van der Waals surface area contributed by atoms with Crippen molar-refractivity contribution in [2.45, 2.75) is 30.5 Å². The lowest BCUT2D eigenvalue weighted by Crippen LogP contribution is -2.37. The van der Waals surface area contributed by atoms with Crippen LogP contribution in [-0.4, -0.2) is 22.7 Å². The first-order valence-electron chi connectivity index (χ1n) is 7.44. The van der Waals surface area contributed by atoms with Crippen molar-refractivity contribution in [2.75, 3.05) is 11.4 Å². The number of hydrogen-bond donors (Lipinski definition) is 0. The maximum atomic E-state index is 12.8. The lowest BCUT2D eigenvalue weighted by atomic mass is 10.2. The third kappa shape index (κ3) is 4.83. The van der Waals surface area contributed by atoms with Crippen molar-refractivity contribution >= 4 is 23.4 Å². The number of amides is 1. The Kier molecular flexibility index (Phi) is 6.19. The summed E-state index contributed by atoms with van der Waals surface area (Å²) >= 11 is 1.43. The van der Waals surface area contributed by atoms with Gasteiger partial charge in [-0.2, -0.15) is 5.26 Å². The number of rotatable bonds is 6. The number of anilines is 1. The van der Waals surface area contributed by atoms with Crippen LogP contribution in [0.4, 0.5) is 5.69 Å². The Balaban J connectivity index is 2.15. The standard InChI is InChI=1S/C18H19N3OS/c1-14-7-9-16(10-8-14)21(13-5-11-19)18(22)15(2)23-17-6-3-4-12-20-17/h3-4,6-10,12,15H,5,13H2,1-2H3. The van der Waals surface area contributed by atoms with Crippen LogP contribution in [0.15, 0.2) is 53.7 Å². The van der Waals surface area contributed by atoms with Crippen LogP contribution in [0.2, 0.25) is 0 Å². The number of benzene rings is 1. The molecule has 1 aromatic carbocycles. The number of nitrogens with zero attached hydrogens (tertiary/aromatic N) is 3. The second kappa shape index (κ2) is 8.35. The maximum absolute atomic E-state index is 12.8. The first-order valence-corrected chi connectivity index (χ1v) is 8.32. The van der Waals surface area contributed by atoms with Crippen LogP contribution in [0.25, 0.3) is 0 Å². The topological polar surface area (TPSA) is 57.0 Å². The van der Waals surface area contributed by atoms with E-state index in [2.05, 4.69) is 11.1 Å². The van der Waals surface area contributed by atoms with Crippen LogP contribution in [0.3, 0.4) is 0 Å². The van der Waals surface area contributed by atoms with E-state index < -0.39 is 0 Å². The molecule has 0 saturated heterocycles. The van der Waals surface area contributed by atoms with E-state index in [1.165, 1.54) is 11.8 Å². The maximum Gasteiger partial charge on any atom is 0.240 e. The van der Waals surface area contributed by atoms with Gasteiger partial charge < -0.3 is 4.90 Å². The van der Waals surface area contributed by atoms with Crippen molar-refractivity contribution in [1.29, 1.82) is 5.26 Å². The van der Waals surface area contributed by atoms with Crippen LogP contribution in [-0.2, 0) is 4.79 Å². The predicted molar refractivity (Wildman–Crippen MR) is 93.3 cm³/mol. The van der Waals surface area contributed by atoms with Crippen molar-refractivity contribution in [1.82, 2.24) is 4.98 Å². The van der Waals surface area contributed by atoms with Gasteiger partial charge in [-0.05, 0) is 38.1 Å². The zero-order chi connectivity index (χ0) is 16.7. The molecule has 1 aromatic heterocycles. The minimum atomic E-state index is -0.273. The Morgan fingerprint density at radius 3 is 2.65 bits per heavy atom. The third-order valence-electron chi connectivity index (χ3n) is 3.34. The van der Waals surface area contributed by atoms with Crippen molar-refractivity contribution < 1.29 is 4.79 Å². The van der Waals surface area contributed by atoms with Gasteiger partial charge in [0.25, 0.3) is 0 Å². The van der Waals surface area contributed by atoms with Crippen LogP contribution >= 0.6 is 11.8 Å². The second-order valence-corrected chi connectivity index (χ2v) is 6.52. The van der Waals surface area contributed by atoms with Crippen molar-refractivity contribution in [3.8, 4) is 6.07 Å². The fourth-order valence-electron chi connectivity index (χ4n) is 2.12. The Morgan fingerprint density at radius 1 is 1.30 bits per heavy atom. The van der Waals surface area contributed by atoms with E-state index in [1.54, 1.807) is 11.1 Å². The van der Waals surface area contributed by atoms with Gasteiger partial charge in [-0.1, -0.05) is 35.5 Å². The molecule has 0 spiro atoms. The summed E-state index contributed by atoms with van der Waals surface area (Å²) in [5.74, 6) is -0.0141. The summed E-state index contributed by atoms with van der Waals surface area (Å²) in [6.07, 6.45) is 2.02. The first kappa shape index (κ1) is 17.0. The lowest BCUT2D eigenvalue weighted by Gasteiger charge is -2.25. The molecule has 0 bridgehead atoms. The molecule has 118 valence electrons. The molecular formula is C18H19N3OS. The Hall–Kier alpha value is -2.32. The summed E-state index contributed by atoms with van der Waals surface area (Å²) in [5.41, 5.74) is 1.96. The summed E-state index contributed by atoms with van der Waals surface area (Å²) in [5, 5.41) is 9.40. The first-order chi connectivity index (χ1) is 11.1. The monoisotopic (exact) mass is 325 g/mol.